The van der Waals surface area contributed by atoms with E-state index >= 15 is 0 Å². The molecule has 0 aliphatic carbocycles. The molecule has 0 aromatic carbocycles. The van der Waals surface area contributed by atoms with E-state index in [0.29, 0.717) is 6.42 Å². The molecule has 4 aliphatic heterocycles. The summed E-state index contributed by atoms with van der Waals surface area (Å²) in [5.41, 5.74) is 5.27. The van der Waals surface area contributed by atoms with Gasteiger partial charge in [0.15, 0.2) is 12.6 Å². The van der Waals surface area contributed by atoms with Crippen molar-refractivity contribution in [1.29, 1.82) is 0 Å². The molecule has 0 radical (unpaired) electrons. The minimum Gasteiger partial charge on any atom is -0.394 e. The molecular formula is C51H86N10O24. The van der Waals surface area contributed by atoms with Gasteiger partial charge in [-0.1, -0.05) is 20.3 Å². The highest BCUT2D eigenvalue weighted by Crippen LogP contribution is 2.31. The van der Waals surface area contributed by atoms with E-state index in [9.17, 15) is 99.0 Å². The zero-order valence-corrected chi connectivity index (χ0v) is 48.5. The van der Waals surface area contributed by atoms with Crippen LogP contribution in [0.1, 0.15) is 87.5 Å². The molecule has 10 amide bonds. The van der Waals surface area contributed by atoms with Crippen LogP contribution in [0, 0.1) is 5.92 Å². The van der Waals surface area contributed by atoms with E-state index in [-0.39, 0.29) is 38.8 Å². The zero-order valence-electron chi connectivity index (χ0n) is 48.5. The van der Waals surface area contributed by atoms with Crippen molar-refractivity contribution in [1.82, 2.24) is 47.0 Å². The molecule has 19 N–H and O–H groups in total. The van der Waals surface area contributed by atoms with E-state index in [2.05, 4.69) is 37.2 Å². The standard InChI is InChI=1S/C51H86N10O24/c1-9-19(2)31(46(78)54-26(16-62)43(75)56-32(20(3)65)42(52)74)55-45(77)28-13-11-15-61(28)49(81)34(22(5)67)58-48(80)35(59-47(79)33(21(4)66)57-44(76)27-12-10-14-60(27)25(8)69)23(6)82-50-36(53-24(7)68)41(38(71)30(18-64)83-50)85-51-40(73)39(72)37(70)29(17-63)84-51/h19-23,26-41,50-51,62-67,70-73H,9-18H2,1-8H3,(H2,52,74)(H,53,68)(H,54,78)(H,55,77)(H,56,75)(H,57,76)(H,58,80)(H,59,79)/t19-,20+,21+,22+,23+,26-,27-,28-,29+,30+,31-,32-,33-,34-,35-,36+,37-,38-,39-,40+,41+,50-,51-/m0/s1. The molecule has 85 heavy (non-hydrogen) atoms. The van der Waals surface area contributed by atoms with Crippen molar-refractivity contribution in [3.63, 3.8) is 0 Å². The van der Waals surface area contributed by atoms with Gasteiger partial charge >= 0.3 is 0 Å². The lowest BCUT2D eigenvalue weighted by atomic mass is 9.95. The van der Waals surface area contributed by atoms with Crippen LogP contribution in [0.5, 0.6) is 0 Å². The summed E-state index contributed by atoms with van der Waals surface area (Å²) in [4.78, 5) is 138. The first kappa shape index (κ1) is 71.6. The Morgan fingerprint density at radius 1 is 0.588 bits per heavy atom. The van der Waals surface area contributed by atoms with Gasteiger partial charge in [0.05, 0.1) is 44.2 Å². The number of rotatable bonds is 28. The quantitative estimate of drug-likeness (QED) is 0.0346. The Kier molecular flexibility index (Phi) is 27.1. The normalized spacial score (nSPS) is 29.9. The lowest BCUT2D eigenvalue weighted by Crippen LogP contribution is -2.69. The van der Waals surface area contributed by atoms with Gasteiger partial charge in [-0.15, -0.1) is 0 Å². The summed E-state index contributed by atoms with van der Waals surface area (Å²) < 4.78 is 23.4. The molecule has 0 spiro atoms. The maximum absolute atomic E-state index is 14.9. The summed E-state index contributed by atoms with van der Waals surface area (Å²) in [6.07, 6.45) is -22.5. The molecule has 0 unspecified atom stereocenters. The summed E-state index contributed by atoms with van der Waals surface area (Å²) >= 11 is 0. The maximum atomic E-state index is 14.9. The first-order valence-corrected chi connectivity index (χ1v) is 28.0. The first-order chi connectivity index (χ1) is 39.8. The van der Waals surface area contributed by atoms with Crippen molar-refractivity contribution < 1.29 is 118 Å². The molecule has 0 saturated carbocycles. The van der Waals surface area contributed by atoms with Gasteiger partial charge in [0.1, 0.15) is 97.1 Å². The lowest BCUT2D eigenvalue weighted by Gasteiger charge is -2.48. The lowest BCUT2D eigenvalue weighted by molar-refractivity contribution is -0.347. The average Bonchev–Trinajstić information content (AvgIpc) is 3.65. The molecule has 23 atom stereocenters. The molecule has 34 nitrogen and oxygen atoms in total. The second-order valence-corrected chi connectivity index (χ2v) is 21.8. The Hall–Kier alpha value is -5.86. The number of nitrogens with two attached hydrogens (primary N) is 1. The Morgan fingerprint density at radius 3 is 1.58 bits per heavy atom. The number of carbonyl (C=O) groups is 10. The molecule has 34 heteroatoms. The van der Waals surface area contributed by atoms with Gasteiger partial charge < -0.3 is 123 Å². The van der Waals surface area contributed by atoms with Gasteiger partial charge in [0.2, 0.25) is 59.1 Å². The fraction of sp³-hybridized carbons (Fsp3) is 0.804. The predicted molar refractivity (Wildman–Crippen MR) is 286 cm³/mol. The van der Waals surface area contributed by atoms with E-state index in [1.807, 2.05) is 0 Å². The molecule has 4 rings (SSSR count). The van der Waals surface area contributed by atoms with Crippen molar-refractivity contribution in [3.8, 4) is 0 Å². The number of hydrogen-bond acceptors (Lipinski definition) is 24. The SMILES string of the molecule is CC[C@H](C)[C@H](NC(=O)[C@@H]1CCCN1C(=O)[C@@H](NC(=O)[C@@H](NC(=O)[C@@H](NC(=O)[C@@H]1CCCN1C(C)=O)[C@@H](C)O)[C@@H](C)O[C@H]1O[C@H](CO)[C@H](O)[C@H](O[C@@H]2O[C@H](CO)[C@H](O)[C@H](O)[C@H]2O)[C@H]1NC(C)=O)[C@@H](C)O)C(=O)N[C@@H](CO)C(=O)N[C@H](C(N)=O)[C@@H](C)O. The molecule has 0 aromatic rings. The third kappa shape index (κ3) is 18.1. The Bertz CT molecular complexity index is 2340. The highest BCUT2D eigenvalue weighted by molar-refractivity contribution is 5.98. The fourth-order valence-corrected chi connectivity index (χ4v) is 10.3. The van der Waals surface area contributed by atoms with Crippen molar-refractivity contribution in [3.05, 3.63) is 0 Å². The van der Waals surface area contributed by atoms with Crippen LogP contribution in [0.4, 0.5) is 0 Å². The Morgan fingerprint density at radius 2 is 1.07 bits per heavy atom. The van der Waals surface area contributed by atoms with Gasteiger partial charge in [-0.25, -0.2) is 0 Å². The highest BCUT2D eigenvalue weighted by atomic mass is 16.7. The van der Waals surface area contributed by atoms with E-state index in [0.717, 1.165) is 39.5 Å². The fourth-order valence-electron chi connectivity index (χ4n) is 10.3. The van der Waals surface area contributed by atoms with Crippen LogP contribution in [0.2, 0.25) is 0 Å². The number of primary amides is 1. The van der Waals surface area contributed by atoms with Gasteiger partial charge in [-0.05, 0) is 59.3 Å². The highest BCUT2D eigenvalue weighted by Gasteiger charge is 2.53. The summed E-state index contributed by atoms with van der Waals surface area (Å²) in [6, 6.07) is -14.8. The summed E-state index contributed by atoms with van der Waals surface area (Å²) in [5.74, 6) is -10.6. The number of nitrogens with zero attached hydrogens (tertiary/aromatic N) is 2. The maximum Gasteiger partial charge on any atom is 0.248 e. The van der Waals surface area contributed by atoms with Crippen LogP contribution >= 0.6 is 0 Å². The van der Waals surface area contributed by atoms with Crippen LogP contribution in [-0.2, 0) is 66.9 Å². The average molecular weight is 1220 g/mol. The van der Waals surface area contributed by atoms with Gasteiger partial charge in [0.25, 0.3) is 0 Å². The van der Waals surface area contributed by atoms with Crippen LogP contribution in [-0.4, -0.2) is 287 Å². The molecular weight excluding hydrogens is 1140 g/mol. The van der Waals surface area contributed by atoms with Crippen LogP contribution in [0.15, 0.2) is 0 Å². The largest absolute Gasteiger partial charge is 0.394 e. The number of ether oxygens (including phenoxy) is 4. The van der Waals surface area contributed by atoms with Gasteiger partial charge in [-0.2, -0.15) is 0 Å². The van der Waals surface area contributed by atoms with Crippen molar-refractivity contribution >= 4 is 59.1 Å². The predicted octanol–water partition coefficient (Wildman–Crippen LogP) is -10.3. The Balaban J connectivity index is 1.70. The number of aliphatic hydroxyl groups is 10. The van der Waals surface area contributed by atoms with Crippen LogP contribution < -0.4 is 43.0 Å². The summed E-state index contributed by atoms with van der Waals surface area (Å²) in [5, 5.41) is 122. The Labute approximate surface area is 489 Å². The number of carbonyl (C=O) groups excluding carboxylic acids is 10. The molecule has 4 aliphatic rings. The topological polar surface area (TPSA) is 527 Å². The van der Waals surface area contributed by atoms with E-state index in [1.165, 1.54) is 11.8 Å². The van der Waals surface area contributed by atoms with Crippen LogP contribution in [0.3, 0.4) is 0 Å². The minimum absolute atomic E-state index is 0.0229. The van der Waals surface area contributed by atoms with Crippen molar-refractivity contribution in [2.24, 2.45) is 11.7 Å². The third-order valence-corrected chi connectivity index (χ3v) is 15.4. The number of hydrogen-bond donors (Lipinski definition) is 18. The number of nitrogens with one attached hydrogen (secondary N) is 7. The second kappa shape index (κ2) is 32.2. The smallest absolute Gasteiger partial charge is 0.248 e. The summed E-state index contributed by atoms with van der Waals surface area (Å²) in [7, 11) is 0. The number of aliphatic hydroxyl groups excluding tert-OH is 10. The monoisotopic (exact) mass is 1220 g/mol. The number of likely N-dealkylation sites (tertiary alicyclic amines) is 2. The second-order valence-electron chi connectivity index (χ2n) is 21.8. The first-order valence-electron chi connectivity index (χ1n) is 28.0. The molecule has 0 bridgehead atoms. The van der Waals surface area contributed by atoms with E-state index in [1.54, 1.807) is 13.8 Å². The van der Waals surface area contributed by atoms with Gasteiger partial charge in [0, 0.05) is 26.9 Å². The third-order valence-electron chi connectivity index (χ3n) is 15.4. The zero-order chi connectivity index (χ0) is 64.1. The van der Waals surface area contributed by atoms with E-state index in [4.69, 9.17) is 24.7 Å². The molecule has 4 heterocycles. The summed E-state index contributed by atoms with van der Waals surface area (Å²) in [6.45, 7) is 7.20. The van der Waals surface area contributed by atoms with E-state index < -0.39 is 219 Å². The van der Waals surface area contributed by atoms with Gasteiger partial charge in [-0.3, -0.25) is 47.9 Å². The molecule has 0 aromatic heterocycles. The van der Waals surface area contributed by atoms with Crippen LogP contribution in [0.25, 0.3) is 0 Å². The molecule has 484 valence electrons. The minimum atomic E-state index is -2.10. The van der Waals surface area contributed by atoms with Crippen molar-refractivity contribution in [2.75, 3.05) is 32.9 Å². The molecule has 4 fully saturated rings. The number of amides is 10. The van der Waals surface area contributed by atoms with Crippen molar-refractivity contribution in [2.45, 2.75) is 222 Å². The molecule has 4 saturated heterocycles.